The van der Waals surface area contributed by atoms with Gasteiger partial charge in [-0.3, -0.25) is 9.59 Å². The quantitative estimate of drug-likeness (QED) is 0.863. The van der Waals surface area contributed by atoms with E-state index in [1.807, 2.05) is 63.2 Å². The fourth-order valence-corrected chi connectivity index (χ4v) is 2.24. The van der Waals surface area contributed by atoms with Gasteiger partial charge >= 0.3 is 5.97 Å². The van der Waals surface area contributed by atoms with Crippen molar-refractivity contribution in [2.75, 3.05) is 5.32 Å². The van der Waals surface area contributed by atoms with E-state index in [-0.39, 0.29) is 23.7 Å². The van der Waals surface area contributed by atoms with E-state index in [0.29, 0.717) is 5.69 Å². The van der Waals surface area contributed by atoms with E-state index in [1.165, 1.54) is 0 Å². The molecular weight excluding hydrogens is 290 g/mol. The van der Waals surface area contributed by atoms with Crippen molar-refractivity contribution < 1.29 is 14.3 Å². The van der Waals surface area contributed by atoms with E-state index < -0.39 is 6.10 Å². The molecule has 122 valence electrons. The van der Waals surface area contributed by atoms with Crippen molar-refractivity contribution in [2.45, 2.75) is 40.2 Å². The van der Waals surface area contributed by atoms with Gasteiger partial charge in [-0.25, -0.2) is 0 Å². The van der Waals surface area contributed by atoms with Crippen LogP contribution in [0.5, 0.6) is 0 Å². The van der Waals surface area contributed by atoms with Crippen molar-refractivity contribution in [1.29, 1.82) is 0 Å². The summed E-state index contributed by atoms with van der Waals surface area (Å²) in [6.07, 6.45) is -0.544. The third kappa shape index (κ3) is 5.09. The summed E-state index contributed by atoms with van der Waals surface area (Å²) in [6, 6.07) is 13.6. The molecular formula is C19H23NO3. The van der Waals surface area contributed by atoms with Gasteiger partial charge in [0.1, 0.15) is 0 Å². The zero-order chi connectivity index (χ0) is 17.0. The van der Waals surface area contributed by atoms with Gasteiger partial charge in [0, 0.05) is 5.69 Å². The minimum atomic E-state index is -0.823. The maximum absolute atomic E-state index is 12.2. The van der Waals surface area contributed by atoms with Crippen LogP contribution in [0.25, 0.3) is 10.8 Å². The number of fused-ring (bicyclic) bond motifs is 1. The Morgan fingerprint density at radius 2 is 1.74 bits per heavy atom. The molecule has 0 fully saturated rings. The Balaban J connectivity index is 1.98. The third-order valence-electron chi connectivity index (χ3n) is 3.37. The largest absolute Gasteiger partial charge is 0.453 e. The van der Waals surface area contributed by atoms with Crippen molar-refractivity contribution in [1.82, 2.24) is 0 Å². The fraction of sp³-hybridized carbons (Fsp3) is 0.368. The molecule has 1 amide bonds. The molecule has 2 aromatic carbocycles. The molecule has 23 heavy (non-hydrogen) atoms. The van der Waals surface area contributed by atoms with Gasteiger partial charge in [0.15, 0.2) is 6.10 Å². The van der Waals surface area contributed by atoms with Crippen LogP contribution in [0.1, 0.15) is 34.1 Å². The van der Waals surface area contributed by atoms with Gasteiger partial charge in [-0.1, -0.05) is 51.1 Å². The minimum Gasteiger partial charge on any atom is -0.453 e. The highest BCUT2D eigenvalue weighted by molar-refractivity contribution is 5.97. The van der Waals surface area contributed by atoms with Crippen LogP contribution in [-0.4, -0.2) is 18.0 Å². The Morgan fingerprint density at radius 3 is 2.39 bits per heavy atom. The molecule has 4 nitrogen and oxygen atoms in total. The first kappa shape index (κ1) is 17.0. The average molecular weight is 313 g/mol. The molecule has 1 N–H and O–H groups in total. The number of esters is 1. The third-order valence-corrected chi connectivity index (χ3v) is 3.37. The zero-order valence-corrected chi connectivity index (χ0v) is 14.1. The summed E-state index contributed by atoms with van der Waals surface area (Å²) in [7, 11) is 0. The monoisotopic (exact) mass is 313 g/mol. The molecule has 0 aliphatic heterocycles. The SMILES string of the molecule is C[C@H](OC(=O)CC(C)(C)C)C(=O)Nc1ccc2ccccc2c1. The highest BCUT2D eigenvalue weighted by Crippen LogP contribution is 2.21. The van der Waals surface area contributed by atoms with E-state index >= 15 is 0 Å². The van der Waals surface area contributed by atoms with Crippen LogP contribution < -0.4 is 5.32 Å². The highest BCUT2D eigenvalue weighted by atomic mass is 16.5. The number of hydrogen-bond acceptors (Lipinski definition) is 3. The molecule has 2 rings (SSSR count). The molecule has 4 heteroatoms. The van der Waals surface area contributed by atoms with Gasteiger partial charge < -0.3 is 10.1 Å². The van der Waals surface area contributed by atoms with Crippen molar-refractivity contribution in [2.24, 2.45) is 5.41 Å². The van der Waals surface area contributed by atoms with E-state index in [4.69, 9.17) is 4.74 Å². The standard InChI is InChI=1S/C19H23NO3/c1-13(23-17(21)12-19(2,3)4)18(22)20-16-10-9-14-7-5-6-8-15(14)11-16/h5-11,13H,12H2,1-4H3,(H,20,22)/t13-/m0/s1. The molecule has 2 aromatic rings. The summed E-state index contributed by atoms with van der Waals surface area (Å²) < 4.78 is 5.20. The number of rotatable bonds is 4. The number of benzene rings is 2. The second-order valence-electron chi connectivity index (χ2n) is 6.92. The van der Waals surface area contributed by atoms with Crippen LogP contribution in [0, 0.1) is 5.41 Å². The van der Waals surface area contributed by atoms with Gasteiger partial charge in [-0.05, 0) is 35.2 Å². The first-order valence-corrected chi connectivity index (χ1v) is 7.74. The fourth-order valence-electron chi connectivity index (χ4n) is 2.24. The molecule has 0 aromatic heterocycles. The second kappa shape index (κ2) is 6.82. The summed E-state index contributed by atoms with van der Waals surface area (Å²) in [5.41, 5.74) is 0.526. The lowest BCUT2D eigenvalue weighted by Gasteiger charge is -2.19. The summed E-state index contributed by atoms with van der Waals surface area (Å²) in [4.78, 5) is 24.0. The van der Waals surface area contributed by atoms with E-state index in [1.54, 1.807) is 6.92 Å². The van der Waals surface area contributed by atoms with Crippen LogP contribution in [-0.2, 0) is 14.3 Å². The number of ether oxygens (including phenoxy) is 1. The topological polar surface area (TPSA) is 55.4 Å². The van der Waals surface area contributed by atoms with Crippen LogP contribution in [0.15, 0.2) is 42.5 Å². The molecule has 1 atom stereocenters. The van der Waals surface area contributed by atoms with Crippen molar-refractivity contribution in [3.8, 4) is 0 Å². The summed E-state index contributed by atoms with van der Waals surface area (Å²) in [5.74, 6) is -0.693. The predicted molar refractivity (Wildman–Crippen MR) is 92.2 cm³/mol. The normalized spacial score (nSPS) is 12.7. The average Bonchev–Trinajstić information content (AvgIpc) is 2.45. The number of carbonyl (C=O) groups excluding carboxylic acids is 2. The van der Waals surface area contributed by atoms with Crippen molar-refractivity contribution in [3.63, 3.8) is 0 Å². The van der Waals surface area contributed by atoms with Crippen molar-refractivity contribution in [3.05, 3.63) is 42.5 Å². The number of hydrogen-bond donors (Lipinski definition) is 1. The lowest BCUT2D eigenvalue weighted by molar-refractivity contribution is -0.154. The predicted octanol–water partition coefficient (Wildman–Crippen LogP) is 4.15. The maximum Gasteiger partial charge on any atom is 0.307 e. The smallest absolute Gasteiger partial charge is 0.307 e. The van der Waals surface area contributed by atoms with Crippen molar-refractivity contribution >= 4 is 28.3 Å². The molecule has 0 saturated carbocycles. The molecule has 0 bridgehead atoms. The number of carbonyl (C=O) groups is 2. The first-order chi connectivity index (χ1) is 10.7. The minimum absolute atomic E-state index is 0.161. The van der Waals surface area contributed by atoms with Crippen LogP contribution in [0.2, 0.25) is 0 Å². The first-order valence-electron chi connectivity index (χ1n) is 7.74. The van der Waals surface area contributed by atoms with Crippen LogP contribution in [0.3, 0.4) is 0 Å². The summed E-state index contributed by atoms with van der Waals surface area (Å²) in [6.45, 7) is 7.44. The Hall–Kier alpha value is -2.36. The zero-order valence-electron chi connectivity index (χ0n) is 14.1. The van der Waals surface area contributed by atoms with Gasteiger partial charge in [0.05, 0.1) is 6.42 Å². The number of amides is 1. The molecule has 0 unspecified atom stereocenters. The summed E-state index contributed by atoms with van der Waals surface area (Å²) >= 11 is 0. The van der Waals surface area contributed by atoms with Crippen LogP contribution in [0.4, 0.5) is 5.69 Å². The Labute approximate surface area is 136 Å². The number of anilines is 1. The Bertz CT molecular complexity index is 716. The molecule has 0 radical (unpaired) electrons. The van der Waals surface area contributed by atoms with Gasteiger partial charge in [-0.2, -0.15) is 0 Å². The number of nitrogens with one attached hydrogen (secondary N) is 1. The Morgan fingerprint density at radius 1 is 1.09 bits per heavy atom. The van der Waals surface area contributed by atoms with E-state index in [9.17, 15) is 9.59 Å². The Kier molecular flexibility index (Phi) is 5.04. The van der Waals surface area contributed by atoms with Gasteiger partial charge in [-0.15, -0.1) is 0 Å². The van der Waals surface area contributed by atoms with Gasteiger partial charge in [0.2, 0.25) is 0 Å². The lowest BCUT2D eigenvalue weighted by atomic mass is 9.92. The lowest BCUT2D eigenvalue weighted by Crippen LogP contribution is -2.31. The highest BCUT2D eigenvalue weighted by Gasteiger charge is 2.22. The summed E-state index contributed by atoms with van der Waals surface area (Å²) in [5, 5.41) is 4.94. The molecule has 0 heterocycles. The molecule has 0 aliphatic rings. The van der Waals surface area contributed by atoms with E-state index in [0.717, 1.165) is 10.8 Å². The van der Waals surface area contributed by atoms with Crippen LogP contribution >= 0.6 is 0 Å². The van der Waals surface area contributed by atoms with Gasteiger partial charge in [0.25, 0.3) is 5.91 Å². The molecule has 0 spiro atoms. The van der Waals surface area contributed by atoms with E-state index in [2.05, 4.69) is 5.32 Å². The second-order valence-corrected chi connectivity index (χ2v) is 6.92. The molecule has 0 saturated heterocycles. The molecule has 0 aliphatic carbocycles. The maximum atomic E-state index is 12.2.